The van der Waals surface area contributed by atoms with Gasteiger partial charge in [0.1, 0.15) is 21.7 Å². The molecule has 1 amide bonds. The Hall–Kier alpha value is -2.69. The summed E-state index contributed by atoms with van der Waals surface area (Å²) in [6.45, 7) is 5.31. The Morgan fingerprint density at radius 1 is 1.06 bits per heavy atom. The van der Waals surface area contributed by atoms with Crippen LogP contribution in [0.15, 0.2) is 46.3 Å². The molecule has 0 aliphatic rings. The van der Waals surface area contributed by atoms with E-state index >= 15 is 0 Å². The first-order chi connectivity index (χ1) is 16.3. The number of aromatic nitrogens is 1. The zero-order valence-corrected chi connectivity index (χ0v) is 21.5. The average Bonchev–Trinajstić information content (AvgIpc) is 3.16. The number of amides is 1. The van der Waals surface area contributed by atoms with E-state index in [9.17, 15) is 13.2 Å². The van der Waals surface area contributed by atoms with Crippen molar-refractivity contribution in [1.82, 2.24) is 4.57 Å². The number of hydrogen-bond donors (Lipinski definition) is 0. The van der Waals surface area contributed by atoms with Gasteiger partial charge in [0, 0.05) is 19.6 Å². The van der Waals surface area contributed by atoms with Crippen LogP contribution in [0, 0.1) is 6.92 Å². The summed E-state index contributed by atoms with van der Waals surface area (Å²) in [5.74, 6) is 0.801. The van der Waals surface area contributed by atoms with Gasteiger partial charge in [-0.2, -0.15) is 4.99 Å². The second kappa shape index (κ2) is 11.6. The fourth-order valence-corrected chi connectivity index (χ4v) is 5.98. The van der Waals surface area contributed by atoms with Gasteiger partial charge in [0.2, 0.25) is 5.91 Å². The summed E-state index contributed by atoms with van der Waals surface area (Å²) in [6, 6.07) is 10.3. The van der Waals surface area contributed by atoms with Crippen molar-refractivity contribution in [2.24, 2.45) is 4.99 Å². The summed E-state index contributed by atoms with van der Waals surface area (Å²) in [7, 11) is -0.282. The van der Waals surface area contributed by atoms with Crippen LogP contribution >= 0.6 is 11.3 Å². The van der Waals surface area contributed by atoms with E-state index in [1.54, 1.807) is 38.5 Å². The molecule has 34 heavy (non-hydrogen) atoms. The lowest BCUT2D eigenvalue weighted by atomic mass is 10.2. The maximum Gasteiger partial charge on any atom is 0.248 e. The maximum atomic E-state index is 12.7. The summed E-state index contributed by atoms with van der Waals surface area (Å²) in [5, 5.41) is 0. The highest BCUT2D eigenvalue weighted by atomic mass is 32.2. The van der Waals surface area contributed by atoms with E-state index in [0.29, 0.717) is 36.1 Å². The number of benzene rings is 2. The van der Waals surface area contributed by atoms with E-state index in [2.05, 4.69) is 4.99 Å². The molecule has 0 fully saturated rings. The van der Waals surface area contributed by atoms with Crippen molar-refractivity contribution in [2.75, 3.05) is 33.2 Å². The number of sulfone groups is 1. The Morgan fingerprint density at radius 2 is 1.74 bits per heavy atom. The predicted molar refractivity (Wildman–Crippen MR) is 132 cm³/mol. The molecule has 0 unspecified atom stereocenters. The van der Waals surface area contributed by atoms with Gasteiger partial charge in [0.05, 0.1) is 31.5 Å². The number of fused-ring (bicyclic) bond motifs is 1. The molecule has 1 aromatic heterocycles. The van der Waals surface area contributed by atoms with Crippen LogP contribution in [0.1, 0.15) is 25.3 Å². The third-order valence-electron chi connectivity index (χ3n) is 5.26. The smallest absolute Gasteiger partial charge is 0.248 e. The number of thiazole rings is 1. The average molecular weight is 507 g/mol. The molecule has 1 heterocycles. The minimum atomic E-state index is -3.45. The molecule has 3 rings (SSSR count). The predicted octanol–water partition coefficient (Wildman–Crippen LogP) is 3.75. The van der Waals surface area contributed by atoms with Gasteiger partial charge >= 0.3 is 0 Å². The number of ether oxygens (including phenoxy) is 3. The molecule has 2 aromatic carbocycles. The number of carbonyl (C=O) groups is 1. The summed E-state index contributed by atoms with van der Waals surface area (Å²) >= 11 is 1.32. The van der Waals surface area contributed by atoms with Gasteiger partial charge in [-0.05, 0) is 44.5 Å². The van der Waals surface area contributed by atoms with Crippen molar-refractivity contribution in [3.63, 3.8) is 0 Å². The molecule has 184 valence electrons. The van der Waals surface area contributed by atoms with E-state index in [1.165, 1.54) is 11.3 Å². The Labute approximate surface area is 203 Å². The lowest BCUT2D eigenvalue weighted by Gasteiger charge is -2.10. The second-order valence-corrected chi connectivity index (χ2v) is 10.7. The highest BCUT2D eigenvalue weighted by molar-refractivity contribution is 7.91. The standard InChI is InChI=1S/C24H30N2O6S2/c1-5-32-15-14-26-22-19(30-3)12-13-20(31-4)23(22)33-24(26)25-21(27)7-6-16-34(28,29)18-10-8-17(2)9-11-18/h8-13H,5-7,14-16H2,1-4H3. The third-order valence-corrected chi connectivity index (χ3v) is 8.17. The minimum absolute atomic E-state index is 0.0269. The summed E-state index contributed by atoms with van der Waals surface area (Å²) in [6.07, 6.45) is 0.216. The van der Waals surface area contributed by atoms with Crippen LogP contribution in [-0.4, -0.2) is 52.1 Å². The van der Waals surface area contributed by atoms with Crippen LogP contribution in [0.3, 0.4) is 0 Å². The number of carbonyl (C=O) groups excluding carboxylic acids is 1. The second-order valence-electron chi connectivity index (χ2n) is 7.62. The van der Waals surface area contributed by atoms with Crippen LogP contribution in [-0.2, 0) is 25.9 Å². The highest BCUT2D eigenvalue weighted by Gasteiger charge is 2.18. The third kappa shape index (κ3) is 6.05. The van der Waals surface area contributed by atoms with Gasteiger partial charge in [0.15, 0.2) is 14.6 Å². The van der Waals surface area contributed by atoms with Gasteiger partial charge in [0.25, 0.3) is 0 Å². The normalized spacial score (nSPS) is 12.3. The molecular weight excluding hydrogens is 476 g/mol. The largest absolute Gasteiger partial charge is 0.495 e. The van der Waals surface area contributed by atoms with Crippen molar-refractivity contribution in [3.05, 3.63) is 46.8 Å². The van der Waals surface area contributed by atoms with E-state index in [4.69, 9.17) is 14.2 Å². The first kappa shape index (κ1) is 25.9. The molecule has 0 N–H and O–H groups in total. The molecular formula is C24H30N2O6S2. The first-order valence-electron chi connectivity index (χ1n) is 11.0. The molecule has 0 spiro atoms. The Bertz CT molecular complexity index is 1310. The highest BCUT2D eigenvalue weighted by Crippen LogP contribution is 2.35. The molecule has 8 nitrogen and oxygen atoms in total. The molecule has 0 radical (unpaired) electrons. The fourth-order valence-electron chi connectivity index (χ4n) is 3.49. The van der Waals surface area contributed by atoms with Gasteiger partial charge in [-0.25, -0.2) is 8.42 Å². The molecule has 10 heteroatoms. The van der Waals surface area contributed by atoms with Gasteiger partial charge in [-0.1, -0.05) is 29.0 Å². The zero-order chi connectivity index (χ0) is 24.7. The SMILES string of the molecule is CCOCCn1c(=NC(=O)CCCS(=O)(=O)c2ccc(C)cc2)sc2c(OC)ccc(OC)c21. The molecule has 0 saturated carbocycles. The van der Waals surface area contributed by atoms with Crippen molar-refractivity contribution < 1.29 is 27.4 Å². The van der Waals surface area contributed by atoms with Crippen molar-refractivity contribution >= 4 is 37.3 Å². The number of nitrogens with zero attached hydrogens (tertiary/aromatic N) is 2. The van der Waals surface area contributed by atoms with Crippen molar-refractivity contribution in [2.45, 2.75) is 38.1 Å². The van der Waals surface area contributed by atoms with E-state index < -0.39 is 9.84 Å². The van der Waals surface area contributed by atoms with Gasteiger partial charge < -0.3 is 18.8 Å². The summed E-state index contributed by atoms with van der Waals surface area (Å²) < 4.78 is 44.4. The van der Waals surface area contributed by atoms with E-state index in [-0.39, 0.29) is 29.4 Å². The topological polar surface area (TPSA) is 96.2 Å². The zero-order valence-electron chi connectivity index (χ0n) is 19.9. The Morgan fingerprint density at radius 3 is 2.38 bits per heavy atom. The maximum absolute atomic E-state index is 12.7. The van der Waals surface area contributed by atoms with E-state index in [0.717, 1.165) is 15.8 Å². The van der Waals surface area contributed by atoms with Crippen LogP contribution in [0.25, 0.3) is 10.2 Å². The Balaban J connectivity index is 1.85. The fraction of sp³-hybridized carbons (Fsp3) is 0.417. The molecule has 0 aliphatic heterocycles. The molecule has 0 aliphatic carbocycles. The number of methoxy groups -OCH3 is 2. The molecule has 0 atom stereocenters. The van der Waals surface area contributed by atoms with Crippen molar-refractivity contribution in [1.29, 1.82) is 0 Å². The van der Waals surface area contributed by atoms with Gasteiger partial charge in [-0.3, -0.25) is 4.79 Å². The lowest BCUT2D eigenvalue weighted by molar-refractivity contribution is -0.118. The summed E-state index contributed by atoms with van der Waals surface area (Å²) in [5.41, 5.74) is 1.77. The number of hydrogen-bond acceptors (Lipinski definition) is 7. The Kier molecular flexibility index (Phi) is 8.87. The van der Waals surface area contributed by atoms with Crippen LogP contribution in [0.2, 0.25) is 0 Å². The number of rotatable bonds is 11. The quantitative estimate of drug-likeness (QED) is 0.368. The molecule has 0 bridgehead atoms. The minimum Gasteiger partial charge on any atom is -0.495 e. The van der Waals surface area contributed by atoms with Crippen LogP contribution in [0.5, 0.6) is 11.5 Å². The molecule has 3 aromatic rings. The van der Waals surface area contributed by atoms with Crippen molar-refractivity contribution in [3.8, 4) is 11.5 Å². The lowest BCUT2D eigenvalue weighted by Crippen LogP contribution is -2.20. The first-order valence-corrected chi connectivity index (χ1v) is 13.5. The van der Waals surface area contributed by atoms with E-state index in [1.807, 2.05) is 30.5 Å². The van der Waals surface area contributed by atoms with Crippen LogP contribution in [0.4, 0.5) is 0 Å². The molecule has 0 saturated heterocycles. The monoisotopic (exact) mass is 506 g/mol. The number of aryl methyl sites for hydroxylation is 1. The van der Waals surface area contributed by atoms with Gasteiger partial charge in [-0.15, -0.1) is 0 Å². The van der Waals surface area contributed by atoms with Crippen LogP contribution < -0.4 is 14.3 Å². The summed E-state index contributed by atoms with van der Waals surface area (Å²) in [4.78, 5) is 17.7.